The molecule has 2 rings (SSSR count). The van der Waals surface area contributed by atoms with Gasteiger partial charge in [0, 0.05) is 31.7 Å². The number of benzene rings is 2. The summed E-state index contributed by atoms with van der Waals surface area (Å²) in [5.41, 5.74) is 3.57. The smallest absolute Gasteiger partial charge is 0.221 e. The second-order valence-electron chi connectivity index (χ2n) is 6.12. The third kappa shape index (κ3) is 6.14. The molecule has 0 spiro atoms. The van der Waals surface area contributed by atoms with Crippen LogP contribution in [0.3, 0.4) is 0 Å². The molecule has 0 bridgehead atoms. The molecule has 25 heavy (non-hydrogen) atoms. The molecule has 0 saturated carbocycles. The van der Waals surface area contributed by atoms with Gasteiger partial charge in [-0.15, -0.1) is 0 Å². The average molecular weight is 340 g/mol. The standard InChI is InChI=1S/C21H28N2O2/c1-4-23(19-9-5-7-17(2)15-19)14-12-21(24)22-13-11-18-8-6-10-20(16-18)25-3/h5-10,15-16H,4,11-14H2,1-3H3,(H,22,24). The van der Waals surface area contributed by atoms with Crippen LogP contribution in [0.25, 0.3) is 0 Å². The molecule has 4 nitrogen and oxygen atoms in total. The van der Waals surface area contributed by atoms with Gasteiger partial charge in [0.25, 0.3) is 0 Å². The minimum atomic E-state index is 0.0917. The third-order valence-corrected chi connectivity index (χ3v) is 4.23. The van der Waals surface area contributed by atoms with Crippen LogP contribution in [0, 0.1) is 6.92 Å². The first kappa shape index (κ1) is 18.8. The SMILES string of the molecule is CCN(CCC(=O)NCCc1cccc(OC)c1)c1cccc(C)c1. The Morgan fingerprint density at radius 1 is 1.16 bits per heavy atom. The molecule has 2 aromatic rings. The molecule has 2 aromatic carbocycles. The zero-order valence-corrected chi connectivity index (χ0v) is 15.4. The summed E-state index contributed by atoms with van der Waals surface area (Å²) in [5.74, 6) is 0.939. The van der Waals surface area contributed by atoms with E-state index in [1.165, 1.54) is 11.3 Å². The van der Waals surface area contributed by atoms with E-state index in [1.54, 1.807) is 7.11 Å². The molecule has 0 aliphatic carbocycles. The molecule has 0 saturated heterocycles. The van der Waals surface area contributed by atoms with Crippen LogP contribution in [0.15, 0.2) is 48.5 Å². The van der Waals surface area contributed by atoms with Crippen LogP contribution in [0.4, 0.5) is 5.69 Å². The number of nitrogens with zero attached hydrogens (tertiary/aromatic N) is 1. The van der Waals surface area contributed by atoms with Gasteiger partial charge in [-0.05, 0) is 55.7 Å². The van der Waals surface area contributed by atoms with Gasteiger partial charge in [0.15, 0.2) is 0 Å². The van der Waals surface area contributed by atoms with Crippen LogP contribution < -0.4 is 15.0 Å². The highest BCUT2D eigenvalue weighted by Gasteiger charge is 2.08. The molecule has 0 unspecified atom stereocenters. The lowest BCUT2D eigenvalue weighted by Gasteiger charge is -2.23. The predicted octanol–water partition coefficient (Wildman–Crippen LogP) is 3.58. The van der Waals surface area contributed by atoms with Gasteiger partial charge in [-0.25, -0.2) is 0 Å². The Morgan fingerprint density at radius 3 is 2.68 bits per heavy atom. The van der Waals surface area contributed by atoms with E-state index in [0.29, 0.717) is 13.0 Å². The summed E-state index contributed by atoms with van der Waals surface area (Å²) in [5, 5.41) is 3.00. The molecule has 0 aliphatic rings. The first-order chi connectivity index (χ1) is 12.1. The third-order valence-electron chi connectivity index (χ3n) is 4.23. The first-order valence-electron chi connectivity index (χ1n) is 8.83. The van der Waals surface area contributed by atoms with Gasteiger partial charge in [-0.2, -0.15) is 0 Å². The van der Waals surface area contributed by atoms with Crippen LogP contribution in [0.2, 0.25) is 0 Å². The van der Waals surface area contributed by atoms with Crippen LogP contribution in [-0.2, 0) is 11.2 Å². The number of amides is 1. The number of rotatable bonds is 9. The minimum absolute atomic E-state index is 0.0917. The molecule has 0 atom stereocenters. The topological polar surface area (TPSA) is 41.6 Å². The fraction of sp³-hybridized carbons (Fsp3) is 0.381. The Balaban J connectivity index is 1.75. The number of carbonyl (C=O) groups excluding carboxylic acids is 1. The van der Waals surface area contributed by atoms with Crippen molar-refractivity contribution in [3.05, 3.63) is 59.7 Å². The van der Waals surface area contributed by atoms with E-state index in [0.717, 1.165) is 30.8 Å². The molecule has 0 aliphatic heterocycles. The first-order valence-corrected chi connectivity index (χ1v) is 8.83. The lowest BCUT2D eigenvalue weighted by atomic mass is 10.1. The summed E-state index contributed by atoms with van der Waals surface area (Å²) in [6.45, 7) is 6.46. The number of methoxy groups -OCH3 is 1. The zero-order valence-electron chi connectivity index (χ0n) is 15.4. The van der Waals surface area contributed by atoms with Crippen molar-refractivity contribution >= 4 is 11.6 Å². The summed E-state index contributed by atoms with van der Waals surface area (Å²) in [6, 6.07) is 16.3. The number of hydrogen-bond acceptors (Lipinski definition) is 3. The largest absolute Gasteiger partial charge is 0.497 e. The van der Waals surface area contributed by atoms with Gasteiger partial charge >= 0.3 is 0 Å². The highest BCUT2D eigenvalue weighted by Crippen LogP contribution is 2.16. The van der Waals surface area contributed by atoms with E-state index in [2.05, 4.69) is 48.3 Å². The Kier molecular flexibility index (Phi) is 7.33. The summed E-state index contributed by atoms with van der Waals surface area (Å²) in [7, 11) is 1.66. The monoisotopic (exact) mass is 340 g/mol. The number of aryl methyl sites for hydroxylation is 1. The second-order valence-corrected chi connectivity index (χ2v) is 6.12. The van der Waals surface area contributed by atoms with Gasteiger partial charge in [0.05, 0.1) is 7.11 Å². The number of hydrogen-bond donors (Lipinski definition) is 1. The molecule has 1 amide bonds. The molecule has 134 valence electrons. The predicted molar refractivity (Wildman–Crippen MR) is 103 cm³/mol. The van der Waals surface area contributed by atoms with Crippen molar-refractivity contribution in [3.63, 3.8) is 0 Å². The van der Waals surface area contributed by atoms with Crippen molar-refractivity contribution in [3.8, 4) is 5.75 Å². The molecule has 0 heterocycles. The lowest BCUT2D eigenvalue weighted by Crippen LogP contribution is -2.31. The van der Waals surface area contributed by atoms with Gasteiger partial charge in [0.2, 0.25) is 5.91 Å². The average Bonchev–Trinajstić information content (AvgIpc) is 2.62. The van der Waals surface area contributed by atoms with Crippen molar-refractivity contribution in [1.82, 2.24) is 5.32 Å². The number of anilines is 1. The van der Waals surface area contributed by atoms with E-state index in [9.17, 15) is 4.79 Å². The maximum Gasteiger partial charge on any atom is 0.221 e. The quantitative estimate of drug-likeness (QED) is 0.759. The second kappa shape index (κ2) is 9.72. The molecule has 0 fully saturated rings. The summed E-state index contributed by atoms with van der Waals surface area (Å²) in [4.78, 5) is 14.3. The molecular weight excluding hydrogens is 312 g/mol. The van der Waals surface area contributed by atoms with E-state index in [1.807, 2.05) is 24.3 Å². The van der Waals surface area contributed by atoms with E-state index in [4.69, 9.17) is 4.74 Å². The Hall–Kier alpha value is -2.49. The Morgan fingerprint density at radius 2 is 1.96 bits per heavy atom. The Bertz CT molecular complexity index is 685. The maximum atomic E-state index is 12.1. The number of ether oxygens (including phenoxy) is 1. The van der Waals surface area contributed by atoms with Gasteiger partial charge in [-0.1, -0.05) is 24.3 Å². The summed E-state index contributed by atoms with van der Waals surface area (Å²) in [6.07, 6.45) is 1.30. The van der Waals surface area contributed by atoms with Crippen molar-refractivity contribution in [1.29, 1.82) is 0 Å². The number of nitrogens with one attached hydrogen (secondary N) is 1. The minimum Gasteiger partial charge on any atom is -0.497 e. The van der Waals surface area contributed by atoms with Crippen LogP contribution in [0.1, 0.15) is 24.5 Å². The van der Waals surface area contributed by atoms with Crippen molar-refractivity contribution in [2.24, 2.45) is 0 Å². The fourth-order valence-electron chi connectivity index (χ4n) is 2.79. The Labute approximate surface area is 150 Å². The molecule has 4 heteroatoms. The molecule has 0 aromatic heterocycles. The lowest BCUT2D eigenvalue weighted by molar-refractivity contribution is -0.120. The summed E-state index contributed by atoms with van der Waals surface area (Å²) < 4.78 is 5.22. The van der Waals surface area contributed by atoms with Gasteiger partial charge in [-0.3, -0.25) is 4.79 Å². The van der Waals surface area contributed by atoms with E-state index >= 15 is 0 Å². The van der Waals surface area contributed by atoms with E-state index < -0.39 is 0 Å². The molecule has 1 N–H and O–H groups in total. The highest BCUT2D eigenvalue weighted by atomic mass is 16.5. The van der Waals surface area contributed by atoms with Crippen molar-refractivity contribution in [2.45, 2.75) is 26.7 Å². The zero-order chi connectivity index (χ0) is 18.1. The highest BCUT2D eigenvalue weighted by molar-refractivity contribution is 5.76. The van der Waals surface area contributed by atoms with Gasteiger partial charge < -0.3 is 15.0 Å². The maximum absolute atomic E-state index is 12.1. The van der Waals surface area contributed by atoms with Crippen LogP contribution in [0.5, 0.6) is 5.75 Å². The van der Waals surface area contributed by atoms with E-state index in [-0.39, 0.29) is 5.91 Å². The van der Waals surface area contributed by atoms with Crippen LogP contribution >= 0.6 is 0 Å². The fourth-order valence-corrected chi connectivity index (χ4v) is 2.79. The van der Waals surface area contributed by atoms with Crippen molar-refractivity contribution in [2.75, 3.05) is 31.6 Å². The normalized spacial score (nSPS) is 10.4. The van der Waals surface area contributed by atoms with Crippen molar-refractivity contribution < 1.29 is 9.53 Å². The number of carbonyl (C=O) groups is 1. The van der Waals surface area contributed by atoms with Gasteiger partial charge in [0.1, 0.15) is 5.75 Å². The molecule has 0 radical (unpaired) electrons. The van der Waals surface area contributed by atoms with Crippen LogP contribution in [-0.4, -0.2) is 32.7 Å². The summed E-state index contributed by atoms with van der Waals surface area (Å²) >= 11 is 0. The molecular formula is C21H28N2O2.